The lowest BCUT2D eigenvalue weighted by molar-refractivity contribution is -0.280. The van der Waals surface area contributed by atoms with Crippen molar-refractivity contribution in [3.8, 4) is 5.75 Å². The SMILES string of the molecule is C/C=C/CCCCC[C@@H]1C=C2[C@H](OCc3ccc(OC)cc3)[C@H](C3=C(CC24COC(C)(C)OC4)C(=O)OC3=O)[C@H]1C[C@@H](O[Si](CC)(CC)CC)C(CC/C=C/C)(OC)OC. The van der Waals surface area contributed by atoms with Gasteiger partial charge in [0.15, 0.2) is 19.9 Å². The van der Waals surface area contributed by atoms with E-state index in [-0.39, 0.29) is 24.9 Å². The lowest BCUT2D eigenvalue weighted by atomic mass is 9.61. The van der Waals surface area contributed by atoms with Crippen LogP contribution in [-0.2, 0) is 49.0 Å². The van der Waals surface area contributed by atoms with Crippen molar-refractivity contribution in [3.63, 3.8) is 0 Å². The molecule has 2 aliphatic carbocycles. The van der Waals surface area contributed by atoms with E-state index in [1.54, 1.807) is 21.3 Å². The molecular weight excluding hydrogens is 777 g/mol. The number of methoxy groups -OCH3 is 3. The molecule has 2 bridgehead atoms. The van der Waals surface area contributed by atoms with Crippen LogP contribution in [0.15, 0.2) is 71.4 Å². The number of rotatable bonds is 23. The molecule has 2 aliphatic heterocycles. The van der Waals surface area contributed by atoms with Crippen molar-refractivity contribution in [1.29, 1.82) is 0 Å². The Kier molecular flexibility index (Phi) is 17.2. The molecule has 334 valence electrons. The first-order valence-electron chi connectivity index (χ1n) is 22.6. The molecule has 0 unspecified atom stereocenters. The van der Waals surface area contributed by atoms with Gasteiger partial charge in [-0.15, -0.1) is 0 Å². The Balaban J connectivity index is 1.73. The first kappa shape index (κ1) is 48.1. The molecule has 0 N–H and O–H groups in total. The minimum atomic E-state index is -2.28. The van der Waals surface area contributed by atoms with Gasteiger partial charge < -0.3 is 37.6 Å². The second-order valence-corrected chi connectivity index (χ2v) is 22.4. The third-order valence-electron chi connectivity index (χ3n) is 14.0. The van der Waals surface area contributed by atoms with E-state index in [4.69, 9.17) is 37.6 Å². The van der Waals surface area contributed by atoms with Gasteiger partial charge in [-0.1, -0.05) is 76.1 Å². The van der Waals surface area contributed by atoms with Crippen LogP contribution in [-0.4, -0.2) is 78.6 Å². The van der Waals surface area contributed by atoms with Crippen LogP contribution >= 0.6 is 0 Å². The summed E-state index contributed by atoms with van der Waals surface area (Å²) in [7, 11) is 2.82. The van der Waals surface area contributed by atoms with E-state index >= 15 is 0 Å². The van der Waals surface area contributed by atoms with E-state index in [1.807, 2.05) is 45.0 Å². The van der Waals surface area contributed by atoms with E-state index < -0.39 is 55.4 Å². The highest BCUT2D eigenvalue weighted by Crippen LogP contribution is 2.58. The molecule has 0 aromatic heterocycles. The molecule has 4 aliphatic rings. The molecule has 5 atom stereocenters. The van der Waals surface area contributed by atoms with Gasteiger partial charge in [-0.05, 0) is 119 Å². The van der Waals surface area contributed by atoms with Crippen LogP contribution in [0.2, 0.25) is 18.1 Å². The molecule has 1 aromatic rings. The highest BCUT2D eigenvalue weighted by Gasteiger charge is 2.60. The maximum absolute atomic E-state index is 14.3. The Morgan fingerprint density at radius 1 is 0.883 bits per heavy atom. The third kappa shape index (κ3) is 10.6. The Morgan fingerprint density at radius 2 is 1.53 bits per heavy atom. The predicted molar refractivity (Wildman–Crippen MR) is 237 cm³/mol. The number of fused-ring (bicyclic) bond motifs is 4. The summed E-state index contributed by atoms with van der Waals surface area (Å²) in [6, 6.07) is 10.7. The lowest BCUT2D eigenvalue weighted by Crippen LogP contribution is -2.56. The van der Waals surface area contributed by atoms with E-state index in [9.17, 15) is 9.59 Å². The number of carbonyl (C=O) groups is 2. The van der Waals surface area contributed by atoms with Crippen molar-refractivity contribution in [2.24, 2.45) is 23.2 Å². The first-order valence-corrected chi connectivity index (χ1v) is 25.1. The normalized spacial score (nSPS) is 24.5. The van der Waals surface area contributed by atoms with Gasteiger partial charge in [0.2, 0.25) is 0 Å². The zero-order chi connectivity index (χ0) is 43.6. The maximum Gasteiger partial charge on any atom is 0.342 e. The fraction of sp³-hybridized carbons (Fsp3) is 0.673. The van der Waals surface area contributed by atoms with Crippen LogP contribution in [0, 0.1) is 23.2 Å². The van der Waals surface area contributed by atoms with Crippen molar-refractivity contribution in [3.05, 3.63) is 76.9 Å². The summed E-state index contributed by atoms with van der Waals surface area (Å²) in [4.78, 5) is 28.3. The number of cyclic esters (lactones) is 2. The minimum Gasteiger partial charge on any atom is -0.497 e. The fourth-order valence-electron chi connectivity index (χ4n) is 10.1. The molecule has 11 heteroatoms. The average molecular weight is 851 g/mol. The molecule has 60 heavy (non-hydrogen) atoms. The van der Waals surface area contributed by atoms with E-state index in [2.05, 4.69) is 58.1 Å². The standard InChI is InChI=1S/C49H74O10Si/c1-11-16-18-19-20-21-23-36-29-40-44(55-32-35-24-26-37(52-8)27-25-35)42(43-39(45(50)58-46(43)51)31-48(40)33-56-47(6,7)57-34-48)38(36)30-41(59-60(13-3,14-4)15-5)49(53-9,54-10)28-22-17-12-2/h11-12,16-17,24-27,29,36,38,41-42,44H,13-15,18-23,28,30-34H2,1-10H3/b16-11+,17-12+/t36-,38+,41-,42+,44+/m1/s1. The average Bonchev–Trinajstić information content (AvgIpc) is 3.49. The number of allylic oxidation sites excluding steroid dienone is 5. The van der Waals surface area contributed by atoms with Crippen molar-refractivity contribution >= 4 is 20.3 Å². The summed E-state index contributed by atoms with van der Waals surface area (Å²) in [5.41, 5.74) is 2.08. The largest absolute Gasteiger partial charge is 0.497 e. The fourth-order valence-corrected chi connectivity index (χ4v) is 12.9. The van der Waals surface area contributed by atoms with Crippen LogP contribution in [0.3, 0.4) is 0 Å². The topological polar surface area (TPSA) is 108 Å². The van der Waals surface area contributed by atoms with Gasteiger partial charge in [0.1, 0.15) is 5.75 Å². The number of unbranched alkanes of at least 4 members (excludes halogenated alkanes) is 3. The molecule has 1 saturated heterocycles. The first-order chi connectivity index (χ1) is 28.8. The number of carbonyl (C=O) groups excluding carboxylic acids is 2. The second kappa shape index (κ2) is 21.5. The highest BCUT2D eigenvalue weighted by atomic mass is 28.4. The number of benzene rings is 1. The van der Waals surface area contributed by atoms with Gasteiger partial charge in [0.05, 0.1) is 44.7 Å². The van der Waals surface area contributed by atoms with Gasteiger partial charge in [-0.3, -0.25) is 0 Å². The molecule has 10 nitrogen and oxygen atoms in total. The van der Waals surface area contributed by atoms with Gasteiger partial charge in [-0.2, -0.15) is 0 Å². The van der Waals surface area contributed by atoms with E-state index in [0.717, 1.165) is 73.5 Å². The molecule has 1 fully saturated rings. The highest BCUT2D eigenvalue weighted by molar-refractivity contribution is 6.73. The smallest absolute Gasteiger partial charge is 0.342 e. The molecule has 0 saturated carbocycles. The Bertz CT molecular complexity index is 1680. The Hall–Kier alpha value is -2.90. The number of hydrogen-bond acceptors (Lipinski definition) is 10. The van der Waals surface area contributed by atoms with Crippen LogP contribution in [0.25, 0.3) is 0 Å². The molecule has 0 amide bonds. The number of hydrogen-bond donors (Lipinski definition) is 0. The maximum atomic E-state index is 14.3. The van der Waals surface area contributed by atoms with Crippen LogP contribution in [0.1, 0.15) is 112 Å². The molecule has 5 rings (SSSR count). The van der Waals surface area contributed by atoms with E-state index in [1.165, 1.54) is 0 Å². The molecular formula is C49H74O10Si. The number of esters is 2. The minimum absolute atomic E-state index is 0.00344. The quantitative estimate of drug-likeness (QED) is 0.0264. The predicted octanol–water partition coefficient (Wildman–Crippen LogP) is 10.6. The van der Waals surface area contributed by atoms with Gasteiger partial charge in [-0.25, -0.2) is 9.59 Å². The molecule has 1 spiro atoms. The van der Waals surface area contributed by atoms with Gasteiger partial charge >= 0.3 is 11.9 Å². The summed E-state index contributed by atoms with van der Waals surface area (Å²) in [5, 5.41) is 0. The monoisotopic (exact) mass is 851 g/mol. The number of ether oxygens (including phenoxy) is 7. The summed E-state index contributed by atoms with van der Waals surface area (Å²) in [5.74, 6) is -3.00. The summed E-state index contributed by atoms with van der Waals surface area (Å²) >= 11 is 0. The molecule has 2 heterocycles. The lowest BCUT2D eigenvalue weighted by Gasteiger charge is -2.51. The Labute approximate surface area is 361 Å². The van der Waals surface area contributed by atoms with Gasteiger partial charge in [0.25, 0.3) is 0 Å². The Morgan fingerprint density at radius 3 is 2.13 bits per heavy atom. The summed E-state index contributed by atoms with van der Waals surface area (Å²) < 4.78 is 51.7. The second-order valence-electron chi connectivity index (χ2n) is 17.7. The van der Waals surface area contributed by atoms with Crippen molar-refractivity contribution in [1.82, 2.24) is 0 Å². The van der Waals surface area contributed by atoms with Crippen LogP contribution in [0.4, 0.5) is 0 Å². The van der Waals surface area contributed by atoms with Crippen molar-refractivity contribution in [2.45, 2.75) is 155 Å². The zero-order valence-corrected chi connectivity index (χ0v) is 39.3. The molecule has 1 aromatic carbocycles. The van der Waals surface area contributed by atoms with Crippen molar-refractivity contribution in [2.75, 3.05) is 34.5 Å². The van der Waals surface area contributed by atoms with Gasteiger partial charge in [0, 0.05) is 37.5 Å². The van der Waals surface area contributed by atoms with E-state index in [0.29, 0.717) is 37.2 Å². The third-order valence-corrected chi connectivity index (χ3v) is 18.6. The summed E-state index contributed by atoms with van der Waals surface area (Å²) in [6.45, 7) is 15.5. The van der Waals surface area contributed by atoms with Crippen LogP contribution in [0.5, 0.6) is 5.75 Å². The molecule has 0 radical (unpaired) electrons. The van der Waals surface area contributed by atoms with Crippen LogP contribution < -0.4 is 4.74 Å². The van der Waals surface area contributed by atoms with Crippen molar-refractivity contribution < 1.29 is 47.2 Å². The summed E-state index contributed by atoms with van der Waals surface area (Å²) in [6.07, 6.45) is 17.1. The zero-order valence-electron chi connectivity index (χ0n) is 38.3.